The molecular formula is C12H15FS. The highest BCUT2D eigenvalue weighted by Crippen LogP contribution is 2.37. The van der Waals surface area contributed by atoms with Crippen molar-refractivity contribution >= 4 is 11.8 Å². The quantitative estimate of drug-likeness (QED) is 0.675. The van der Waals surface area contributed by atoms with E-state index in [4.69, 9.17) is 0 Å². The number of fused-ring (bicyclic) bond motifs is 1. The van der Waals surface area contributed by atoms with Crippen molar-refractivity contribution in [1.29, 1.82) is 0 Å². The third-order valence-electron chi connectivity index (χ3n) is 2.67. The van der Waals surface area contributed by atoms with Gasteiger partial charge in [-0.05, 0) is 36.1 Å². The Morgan fingerprint density at radius 1 is 1.36 bits per heavy atom. The van der Waals surface area contributed by atoms with Crippen LogP contribution in [0.4, 0.5) is 4.39 Å². The maximum Gasteiger partial charge on any atom is 0.127 e. The Hall–Kier alpha value is -0.500. The molecule has 14 heavy (non-hydrogen) atoms. The summed E-state index contributed by atoms with van der Waals surface area (Å²) in [6, 6.07) is 3.57. The van der Waals surface area contributed by atoms with Crippen molar-refractivity contribution < 1.29 is 4.39 Å². The zero-order chi connectivity index (χ0) is 10.1. The second-order valence-corrected chi connectivity index (χ2v) is 5.16. The molecule has 0 aliphatic carbocycles. The van der Waals surface area contributed by atoms with E-state index in [0.29, 0.717) is 5.92 Å². The van der Waals surface area contributed by atoms with Crippen LogP contribution >= 0.6 is 11.8 Å². The molecule has 0 spiro atoms. The predicted molar refractivity (Wildman–Crippen MR) is 59.5 cm³/mol. The van der Waals surface area contributed by atoms with Crippen LogP contribution in [0.2, 0.25) is 0 Å². The molecule has 0 amide bonds. The minimum absolute atomic E-state index is 0.0170. The number of thioether (sulfide) groups is 1. The van der Waals surface area contributed by atoms with Gasteiger partial charge in [-0.25, -0.2) is 4.39 Å². The zero-order valence-corrected chi connectivity index (χ0v) is 9.46. The topological polar surface area (TPSA) is 0 Å². The second kappa shape index (κ2) is 3.93. The third-order valence-corrected chi connectivity index (χ3v) is 3.94. The lowest BCUT2D eigenvalue weighted by molar-refractivity contribution is 0.595. The highest BCUT2D eigenvalue weighted by atomic mass is 32.2. The van der Waals surface area contributed by atoms with Gasteiger partial charge < -0.3 is 0 Å². The van der Waals surface area contributed by atoms with Crippen molar-refractivity contribution in [2.24, 2.45) is 0 Å². The fourth-order valence-corrected chi connectivity index (χ4v) is 3.24. The molecule has 1 aliphatic heterocycles. The van der Waals surface area contributed by atoms with Crippen LogP contribution in [0.15, 0.2) is 17.0 Å². The molecule has 0 fully saturated rings. The van der Waals surface area contributed by atoms with Crippen LogP contribution in [0.5, 0.6) is 0 Å². The largest absolute Gasteiger partial charge is 0.207 e. The number of benzene rings is 1. The highest BCUT2D eigenvalue weighted by Gasteiger charge is 2.18. The van der Waals surface area contributed by atoms with Crippen molar-refractivity contribution in [3.05, 3.63) is 29.1 Å². The minimum Gasteiger partial charge on any atom is -0.207 e. The van der Waals surface area contributed by atoms with Crippen LogP contribution in [0.25, 0.3) is 0 Å². The number of hydrogen-bond acceptors (Lipinski definition) is 1. The highest BCUT2D eigenvalue weighted by molar-refractivity contribution is 7.99. The Labute approximate surface area is 88.9 Å². The van der Waals surface area contributed by atoms with Crippen LogP contribution in [0.3, 0.4) is 0 Å². The summed E-state index contributed by atoms with van der Waals surface area (Å²) < 4.78 is 13.5. The molecule has 2 heteroatoms. The number of halogens is 1. The summed E-state index contributed by atoms with van der Waals surface area (Å²) in [7, 11) is 0. The molecule has 0 N–H and O–H groups in total. The summed E-state index contributed by atoms with van der Waals surface area (Å²) in [5, 5.41) is 0. The summed E-state index contributed by atoms with van der Waals surface area (Å²) in [4.78, 5) is 1.21. The summed E-state index contributed by atoms with van der Waals surface area (Å²) in [6.07, 6.45) is 2.02. The van der Waals surface area contributed by atoms with E-state index in [2.05, 4.69) is 13.8 Å². The first-order valence-corrected chi connectivity index (χ1v) is 6.12. The Morgan fingerprint density at radius 3 is 2.86 bits per heavy atom. The molecule has 0 saturated heterocycles. The Bertz CT molecular complexity index is 344. The average Bonchev–Trinajstić information content (AvgIpc) is 2.18. The van der Waals surface area contributed by atoms with Gasteiger partial charge >= 0.3 is 0 Å². The first-order valence-electron chi connectivity index (χ1n) is 5.14. The molecule has 2 rings (SSSR count). The van der Waals surface area contributed by atoms with Crippen molar-refractivity contribution in [3.8, 4) is 0 Å². The van der Waals surface area contributed by atoms with Gasteiger partial charge in [-0.1, -0.05) is 19.9 Å². The van der Waals surface area contributed by atoms with Gasteiger partial charge in [0, 0.05) is 10.5 Å². The van der Waals surface area contributed by atoms with Gasteiger partial charge in [-0.3, -0.25) is 0 Å². The lowest BCUT2D eigenvalue weighted by Gasteiger charge is -2.21. The smallest absolute Gasteiger partial charge is 0.127 e. The summed E-state index contributed by atoms with van der Waals surface area (Å²) in [5.74, 6) is 1.61. The van der Waals surface area contributed by atoms with Gasteiger partial charge in [0.05, 0.1) is 0 Å². The van der Waals surface area contributed by atoms with Crippen molar-refractivity contribution in [3.63, 3.8) is 0 Å². The van der Waals surface area contributed by atoms with Gasteiger partial charge in [0.1, 0.15) is 5.82 Å². The predicted octanol–water partition coefficient (Wildman–Crippen LogP) is 3.99. The summed E-state index contributed by atoms with van der Waals surface area (Å²) in [6.45, 7) is 4.34. The second-order valence-electron chi connectivity index (χ2n) is 4.05. The molecule has 1 aliphatic rings. The fraction of sp³-hybridized carbons (Fsp3) is 0.500. The molecule has 0 bridgehead atoms. The zero-order valence-electron chi connectivity index (χ0n) is 8.64. The van der Waals surface area contributed by atoms with E-state index in [1.165, 1.54) is 10.5 Å². The van der Waals surface area contributed by atoms with Crippen LogP contribution in [0.1, 0.15) is 37.3 Å². The van der Waals surface area contributed by atoms with Crippen molar-refractivity contribution in [2.45, 2.75) is 37.5 Å². The molecule has 0 saturated carbocycles. The molecule has 0 unspecified atom stereocenters. The van der Waals surface area contributed by atoms with E-state index < -0.39 is 0 Å². The Kier molecular flexibility index (Phi) is 2.82. The van der Waals surface area contributed by atoms with Crippen LogP contribution in [0, 0.1) is 5.82 Å². The standard InChI is InChI=1S/C12H15FS/c1-8(2)9-5-6-11(13)10-4-3-7-14-12(9)10/h5-6,8H,3-4,7H2,1-2H3. The van der Waals surface area contributed by atoms with Crippen LogP contribution < -0.4 is 0 Å². The first-order chi connectivity index (χ1) is 6.70. The molecule has 1 aromatic carbocycles. The lowest BCUT2D eigenvalue weighted by atomic mass is 9.98. The van der Waals surface area contributed by atoms with Crippen molar-refractivity contribution in [1.82, 2.24) is 0 Å². The van der Waals surface area contributed by atoms with Crippen LogP contribution in [-0.2, 0) is 6.42 Å². The summed E-state index contributed by atoms with van der Waals surface area (Å²) in [5.41, 5.74) is 2.26. The number of hydrogen-bond donors (Lipinski definition) is 0. The molecular weight excluding hydrogens is 195 g/mol. The van der Waals surface area contributed by atoms with Gasteiger partial charge in [0.25, 0.3) is 0 Å². The lowest BCUT2D eigenvalue weighted by Crippen LogP contribution is -2.05. The Balaban J connectivity index is 2.53. The van der Waals surface area contributed by atoms with E-state index in [1.807, 2.05) is 17.8 Å². The first kappa shape index (κ1) is 10.0. The molecule has 0 radical (unpaired) electrons. The molecule has 1 heterocycles. The van der Waals surface area contributed by atoms with E-state index >= 15 is 0 Å². The van der Waals surface area contributed by atoms with E-state index in [9.17, 15) is 4.39 Å². The van der Waals surface area contributed by atoms with Gasteiger partial charge in [-0.15, -0.1) is 11.8 Å². The monoisotopic (exact) mass is 210 g/mol. The molecule has 1 aromatic rings. The maximum atomic E-state index is 13.5. The number of rotatable bonds is 1. The molecule has 0 nitrogen and oxygen atoms in total. The normalized spacial score (nSPS) is 15.7. The van der Waals surface area contributed by atoms with E-state index in [1.54, 1.807) is 6.07 Å². The fourth-order valence-electron chi connectivity index (χ4n) is 1.90. The molecule has 0 atom stereocenters. The Morgan fingerprint density at radius 2 is 2.14 bits per heavy atom. The van der Waals surface area contributed by atoms with Crippen molar-refractivity contribution in [2.75, 3.05) is 5.75 Å². The van der Waals surface area contributed by atoms with E-state index in [0.717, 1.165) is 24.2 Å². The maximum absolute atomic E-state index is 13.5. The molecule has 76 valence electrons. The SMILES string of the molecule is CC(C)c1ccc(F)c2c1SCCC2. The third kappa shape index (κ3) is 1.68. The average molecular weight is 210 g/mol. The van der Waals surface area contributed by atoms with Gasteiger partial charge in [-0.2, -0.15) is 0 Å². The van der Waals surface area contributed by atoms with Gasteiger partial charge in [0.15, 0.2) is 0 Å². The molecule has 0 aromatic heterocycles. The van der Waals surface area contributed by atoms with E-state index in [-0.39, 0.29) is 5.82 Å². The summed E-state index contributed by atoms with van der Waals surface area (Å²) >= 11 is 1.82. The van der Waals surface area contributed by atoms with Gasteiger partial charge in [0.2, 0.25) is 0 Å². The minimum atomic E-state index is -0.0170. The van der Waals surface area contributed by atoms with Crippen LogP contribution in [-0.4, -0.2) is 5.75 Å².